The maximum Gasteiger partial charge on any atom is 0.329 e. The third-order valence-electron chi connectivity index (χ3n) is 2.47. The molecule has 0 aliphatic carbocycles. The van der Waals surface area contributed by atoms with E-state index in [4.69, 9.17) is 9.79 Å². The molecule has 2 aromatic rings. The number of rotatable bonds is 3. The smallest absolute Gasteiger partial charge is 0.329 e. The number of aromatic nitrogens is 1. The Kier molecular flexibility index (Phi) is 3.48. The molecule has 94 valence electrons. The third kappa shape index (κ3) is 2.96. The molecule has 6 heteroatoms. The van der Waals surface area contributed by atoms with Gasteiger partial charge in [0.25, 0.3) is 0 Å². The van der Waals surface area contributed by atoms with Crippen molar-refractivity contribution in [2.24, 2.45) is 0 Å². The van der Waals surface area contributed by atoms with Crippen LogP contribution >= 0.6 is 7.60 Å². The van der Waals surface area contributed by atoms with Crippen LogP contribution in [0.3, 0.4) is 0 Å². The van der Waals surface area contributed by atoms with E-state index in [0.717, 1.165) is 10.9 Å². The second-order valence-corrected chi connectivity index (χ2v) is 5.54. The van der Waals surface area contributed by atoms with Crippen molar-refractivity contribution < 1.29 is 19.5 Å². The molecule has 0 aliphatic heterocycles. The molecule has 0 amide bonds. The third-order valence-corrected chi connectivity index (χ3v) is 3.16. The van der Waals surface area contributed by atoms with Gasteiger partial charge in [-0.15, -0.1) is 0 Å². The Bertz CT molecular complexity index is 648. The van der Waals surface area contributed by atoms with Crippen molar-refractivity contribution in [2.75, 3.05) is 6.16 Å². The van der Waals surface area contributed by atoms with Crippen molar-refractivity contribution in [1.82, 2.24) is 4.98 Å². The van der Waals surface area contributed by atoms with Crippen molar-refractivity contribution in [2.45, 2.75) is 0 Å². The zero-order valence-corrected chi connectivity index (χ0v) is 10.3. The van der Waals surface area contributed by atoms with E-state index in [1.807, 2.05) is 0 Å². The number of phenolic OH excluding ortho intramolecular Hbond substituents is 1. The number of benzene rings is 1. The molecule has 1 heterocycles. The zero-order chi connectivity index (χ0) is 13.2. The van der Waals surface area contributed by atoms with E-state index in [9.17, 15) is 9.67 Å². The Morgan fingerprint density at radius 1 is 1.22 bits per heavy atom. The molecule has 3 N–H and O–H groups in total. The Labute approximate surface area is 104 Å². The van der Waals surface area contributed by atoms with Crippen LogP contribution in [0.4, 0.5) is 0 Å². The van der Waals surface area contributed by atoms with Gasteiger partial charge >= 0.3 is 7.60 Å². The van der Waals surface area contributed by atoms with Crippen LogP contribution in [-0.2, 0) is 4.57 Å². The highest BCUT2D eigenvalue weighted by atomic mass is 31.2. The van der Waals surface area contributed by atoms with Gasteiger partial charge in [0.15, 0.2) is 0 Å². The lowest BCUT2D eigenvalue weighted by Gasteiger charge is -2.04. The molecule has 2 rings (SSSR count). The molecule has 1 aromatic heterocycles. The number of allylic oxidation sites excluding steroid dienone is 1. The van der Waals surface area contributed by atoms with Gasteiger partial charge in [0.2, 0.25) is 0 Å². The molecule has 0 unspecified atom stereocenters. The number of hydrogen-bond acceptors (Lipinski definition) is 3. The van der Waals surface area contributed by atoms with E-state index in [1.54, 1.807) is 36.7 Å². The van der Waals surface area contributed by atoms with Crippen molar-refractivity contribution >= 4 is 24.4 Å². The lowest BCUT2D eigenvalue weighted by Crippen LogP contribution is -1.84. The highest BCUT2D eigenvalue weighted by Gasteiger charge is 2.09. The Hall–Kier alpha value is -1.68. The minimum absolute atomic E-state index is 0.152. The van der Waals surface area contributed by atoms with Crippen molar-refractivity contribution in [3.63, 3.8) is 0 Å². The van der Waals surface area contributed by atoms with Crippen LogP contribution in [0.1, 0.15) is 5.56 Å². The van der Waals surface area contributed by atoms with E-state index in [2.05, 4.69) is 4.98 Å². The molecule has 0 spiro atoms. The molecule has 0 atom stereocenters. The lowest BCUT2D eigenvalue weighted by molar-refractivity contribution is 0.377. The molecule has 1 aromatic carbocycles. The van der Waals surface area contributed by atoms with E-state index in [-0.39, 0.29) is 11.9 Å². The van der Waals surface area contributed by atoms with E-state index >= 15 is 0 Å². The SMILES string of the molecule is O=P(O)(O)C/C=C/c1ccc(O)c2ccncc12. The Balaban J connectivity index is 2.40. The van der Waals surface area contributed by atoms with Gasteiger partial charge in [-0.1, -0.05) is 18.2 Å². The van der Waals surface area contributed by atoms with Gasteiger partial charge in [0.1, 0.15) is 5.75 Å². The van der Waals surface area contributed by atoms with Gasteiger partial charge in [0.05, 0.1) is 6.16 Å². The summed E-state index contributed by atoms with van der Waals surface area (Å²) in [6, 6.07) is 4.90. The van der Waals surface area contributed by atoms with E-state index < -0.39 is 7.60 Å². The topological polar surface area (TPSA) is 90.7 Å². The summed E-state index contributed by atoms with van der Waals surface area (Å²) in [7, 11) is -4.02. The molecular formula is C12H12NO4P. The molecule has 0 saturated heterocycles. The molecule has 0 bridgehead atoms. The highest BCUT2D eigenvalue weighted by Crippen LogP contribution is 2.34. The molecule has 0 saturated carbocycles. The van der Waals surface area contributed by atoms with Crippen molar-refractivity contribution in [3.05, 3.63) is 42.2 Å². The van der Waals surface area contributed by atoms with E-state index in [0.29, 0.717) is 5.39 Å². The summed E-state index contributed by atoms with van der Waals surface area (Å²) in [6.07, 6.45) is 5.90. The fourth-order valence-corrected chi connectivity index (χ4v) is 2.04. The molecular weight excluding hydrogens is 253 g/mol. The first-order valence-electron chi connectivity index (χ1n) is 5.24. The summed E-state index contributed by atoms with van der Waals surface area (Å²) in [5.74, 6) is 0.152. The minimum Gasteiger partial charge on any atom is -0.507 e. The van der Waals surface area contributed by atoms with Crippen molar-refractivity contribution in [3.8, 4) is 5.75 Å². The van der Waals surface area contributed by atoms with Crippen LogP contribution < -0.4 is 0 Å². The number of nitrogens with zero attached hydrogens (tertiary/aromatic N) is 1. The lowest BCUT2D eigenvalue weighted by atomic mass is 10.1. The highest BCUT2D eigenvalue weighted by molar-refractivity contribution is 7.51. The first-order valence-corrected chi connectivity index (χ1v) is 7.04. The Morgan fingerprint density at radius 3 is 2.72 bits per heavy atom. The van der Waals surface area contributed by atoms with Gasteiger partial charge in [-0.3, -0.25) is 9.55 Å². The van der Waals surface area contributed by atoms with Crippen LogP contribution in [-0.4, -0.2) is 26.0 Å². The monoisotopic (exact) mass is 265 g/mol. The quantitative estimate of drug-likeness (QED) is 0.739. The normalized spacial score (nSPS) is 12.3. The number of phenols is 1. The number of fused-ring (bicyclic) bond motifs is 1. The minimum atomic E-state index is -4.02. The van der Waals surface area contributed by atoms with Crippen LogP contribution in [0, 0.1) is 0 Å². The van der Waals surface area contributed by atoms with Gasteiger partial charge < -0.3 is 14.9 Å². The maximum absolute atomic E-state index is 10.7. The van der Waals surface area contributed by atoms with Crippen LogP contribution in [0.25, 0.3) is 16.8 Å². The van der Waals surface area contributed by atoms with Gasteiger partial charge in [0, 0.05) is 23.2 Å². The zero-order valence-electron chi connectivity index (χ0n) is 9.39. The summed E-state index contributed by atoms with van der Waals surface area (Å²) >= 11 is 0. The first kappa shape index (κ1) is 12.8. The van der Waals surface area contributed by atoms with Crippen LogP contribution in [0.2, 0.25) is 0 Å². The summed E-state index contributed by atoms with van der Waals surface area (Å²) < 4.78 is 10.7. The summed E-state index contributed by atoms with van der Waals surface area (Å²) in [5, 5.41) is 11.1. The summed E-state index contributed by atoms with van der Waals surface area (Å²) in [6.45, 7) is 0. The Morgan fingerprint density at radius 2 is 2.00 bits per heavy atom. The number of pyridine rings is 1. The first-order chi connectivity index (χ1) is 8.47. The fourth-order valence-electron chi connectivity index (χ4n) is 1.66. The second kappa shape index (κ2) is 4.90. The predicted molar refractivity (Wildman–Crippen MR) is 69.4 cm³/mol. The summed E-state index contributed by atoms with van der Waals surface area (Å²) in [4.78, 5) is 21.5. The predicted octanol–water partition coefficient (Wildman–Crippen LogP) is 2.13. The van der Waals surface area contributed by atoms with Crippen molar-refractivity contribution in [1.29, 1.82) is 0 Å². The molecule has 0 radical (unpaired) electrons. The fraction of sp³-hybridized carbons (Fsp3) is 0.0833. The summed E-state index contributed by atoms with van der Waals surface area (Å²) in [5.41, 5.74) is 0.754. The number of aromatic hydroxyl groups is 1. The van der Waals surface area contributed by atoms with E-state index in [1.165, 1.54) is 6.08 Å². The molecule has 0 fully saturated rings. The molecule has 18 heavy (non-hydrogen) atoms. The number of hydrogen-bond donors (Lipinski definition) is 3. The molecule has 0 aliphatic rings. The van der Waals surface area contributed by atoms with Gasteiger partial charge in [-0.05, 0) is 17.7 Å². The van der Waals surface area contributed by atoms with Crippen LogP contribution in [0.5, 0.6) is 5.75 Å². The maximum atomic E-state index is 10.7. The van der Waals surface area contributed by atoms with Gasteiger partial charge in [-0.25, -0.2) is 0 Å². The average Bonchev–Trinajstić information content (AvgIpc) is 2.31. The second-order valence-electron chi connectivity index (χ2n) is 3.84. The largest absolute Gasteiger partial charge is 0.507 e. The molecule has 5 nitrogen and oxygen atoms in total. The van der Waals surface area contributed by atoms with Crippen LogP contribution in [0.15, 0.2) is 36.7 Å². The standard InChI is InChI=1S/C12H12NO4P/c14-12-4-3-9(2-1-7-18(15,16)17)11-8-13-6-5-10(11)12/h1-6,8,14H,7H2,(H2,15,16,17)/b2-1+. The average molecular weight is 265 g/mol. The van der Waals surface area contributed by atoms with Gasteiger partial charge in [-0.2, -0.15) is 0 Å².